The molecule has 0 aliphatic rings. The van der Waals surface area contributed by atoms with Crippen LogP contribution in [0.1, 0.15) is 47.2 Å². The fraction of sp³-hybridized carbons (Fsp3) is 0.263. The molecule has 0 aliphatic heterocycles. The largest absolute Gasteiger partial charge is 0.346 e. The number of ketones is 1. The summed E-state index contributed by atoms with van der Waals surface area (Å²) in [4.78, 5) is 12.4. The maximum absolute atomic E-state index is 12.4. The van der Waals surface area contributed by atoms with E-state index in [1.54, 1.807) is 30.3 Å². The number of hydrogen-bond donors (Lipinski definition) is 0. The van der Waals surface area contributed by atoms with E-state index in [1.165, 1.54) is 0 Å². The van der Waals surface area contributed by atoms with Crippen molar-refractivity contribution in [2.45, 2.75) is 33.7 Å². The Labute approximate surface area is 131 Å². The van der Waals surface area contributed by atoms with E-state index in [2.05, 4.69) is 18.4 Å². The number of rotatable bonds is 4. The van der Waals surface area contributed by atoms with Crippen LogP contribution in [0, 0.1) is 25.2 Å². The Morgan fingerprint density at radius 1 is 1.23 bits per heavy atom. The van der Waals surface area contributed by atoms with Gasteiger partial charge in [-0.1, -0.05) is 30.3 Å². The van der Waals surface area contributed by atoms with Crippen LogP contribution in [0.4, 0.5) is 0 Å². The van der Waals surface area contributed by atoms with E-state index in [1.807, 2.05) is 32.0 Å². The summed E-state index contributed by atoms with van der Waals surface area (Å²) in [6, 6.07) is 13.3. The highest BCUT2D eigenvalue weighted by molar-refractivity contribution is 6.14. The van der Waals surface area contributed by atoms with Crippen LogP contribution in [0.15, 0.2) is 42.0 Å². The molecule has 3 heteroatoms. The molecule has 2 aromatic rings. The molecule has 0 fully saturated rings. The van der Waals surface area contributed by atoms with Gasteiger partial charge in [0.05, 0.1) is 0 Å². The first-order chi connectivity index (χ1) is 10.5. The molecule has 1 heterocycles. The van der Waals surface area contributed by atoms with Crippen molar-refractivity contribution in [2.75, 3.05) is 0 Å². The summed E-state index contributed by atoms with van der Waals surface area (Å²) < 4.78 is 2.20. The van der Waals surface area contributed by atoms with Crippen molar-refractivity contribution in [3.63, 3.8) is 0 Å². The molecule has 2 rings (SSSR count). The lowest BCUT2D eigenvalue weighted by Crippen LogP contribution is -2.05. The molecule has 22 heavy (non-hydrogen) atoms. The third-order valence-corrected chi connectivity index (χ3v) is 3.74. The number of aromatic nitrogens is 1. The number of benzene rings is 1. The zero-order valence-corrected chi connectivity index (χ0v) is 13.4. The van der Waals surface area contributed by atoms with Crippen LogP contribution in [0.25, 0.3) is 6.08 Å². The summed E-state index contributed by atoms with van der Waals surface area (Å²) in [5, 5.41) is 9.35. The molecule has 0 atom stereocenters. The monoisotopic (exact) mass is 292 g/mol. The summed E-state index contributed by atoms with van der Waals surface area (Å²) in [7, 11) is 0. The maximum atomic E-state index is 12.4. The highest BCUT2D eigenvalue weighted by Crippen LogP contribution is 2.23. The Morgan fingerprint density at radius 3 is 2.36 bits per heavy atom. The van der Waals surface area contributed by atoms with Gasteiger partial charge >= 0.3 is 0 Å². The van der Waals surface area contributed by atoms with Crippen LogP contribution < -0.4 is 0 Å². The third-order valence-electron chi connectivity index (χ3n) is 3.74. The van der Waals surface area contributed by atoms with Gasteiger partial charge in [-0.3, -0.25) is 4.79 Å². The SMILES string of the molecule is Cc1cc(/C=C(\C#N)C(=O)c2ccccc2)c(C)n1C(C)C. The standard InChI is InChI=1S/C19H20N2O/c1-13(2)21-14(3)10-17(15(21)4)11-18(12-20)19(22)16-8-6-5-7-9-16/h5-11,13H,1-4H3/b18-11+. The zero-order valence-electron chi connectivity index (χ0n) is 13.4. The van der Waals surface area contributed by atoms with E-state index in [9.17, 15) is 10.1 Å². The van der Waals surface area contributed by atoms with Gasteiger partial charge in [-0.05, 0) is 45.4 Å². The second-order valence-electron chi connectivity index (χ2n) is 5.66. The summed E-state index contributed by atoms with van der Waals surface area (Å²) in [6.45, 7) is 8.29. The minimum Gasteiger partial charge on any atom is -0.346 e. The number of Topliss-reactive ketones (excluding diaryl/α,β-unsaturated/α-hetero) is 1. The minimum atomic E-state index is -0.238. The van der Waals surface area contributed by atoms with E-state index in [4.69, 9.17) is 0 Å². The molecule has 0 bridgehead atoms. The number of carbonyl (C=O) groups excluding carboxylic acids is 1. The highest BCUT2D eigenvalue weighted by Gasteiger charge is 2.15. The van der Waals surface area contributed by atoms with Gasteiger partial charge in [0.25, 0.3) is 0 Å². The Bertz CT molecular complexity index is 759. The lowest BCUT2D eigenvalue weighted by Gasteiger charge is -2.13. The average Bonchev–Trinajstić information content (AvgIpc) is 2.79. The molecule has 0 saturated carbocycles. The average molecular weight is 292 g/mol. The topological polar surface area (TPSA) is 45.8 Å². The predicted molar refractivity (Wildman–Crippen MR) is 88.7 cm³/mol. The fourth-order valence-electron chi connectivity index (χ4n) is 2.79. The maximum Gasteiger partial charge on any atom is 0.203 e. The van der Waals surface area contributed by atoms with E-state index in [0.717, 1.165) is 17.0 Å². The van der Waals surface area contributed by atoms with Crippen molar-refractivity contribution in [1.29, 1.82) is 5.26 Å². The molecule has 0 radical (unpaired) electrons. The van der Waals surface area contributed by atoms with Crippen LogP contribution in [0.5, 0.6) is 0 Å². The minimum absolute atomic E-state index is 0.162. The normalized spacial score (nSPS) is 11.5. The second-order valence-corrected chi connectivity index (χ2v) is 5.66. The predicted octanol–water partition coefficient (Wildman–Crippen LogP) is 4.48. The quantitative estimate of drug-likeness (QED) is 0.474. The van der Waals surface area contributed by atoms with Crippen LogP contribution >= 0.6 is 0 Å². The second kappa shape index (κ2) is 6.44. The Morgan fingerprint density at radius 2 is 1.86 bits per heavy atom. The molecule has 112 valence electrons. The lowest BCUT2D eigenvalue weighted by molar-refractivity contribution is 0.104. The zero-order chi connectivity index (χ0) is 16.3. The van der Waals surface area contributed by atoms with Crippen molar-refractivity contribution in [3.8, 4) is 6.07 Å². The van der Waals surface area contributed by atoms with Crippen molar-refractivity contribution in [1.82, 2.24) is 4.57 Å². The molecule has 0 unspecified atom stereocenters. The van der Waals surface area contributed by atoms with Gasteiger partial charge in [0.1, 0.15) is 11.6 Å². The van der Waals surface area contributed by atoms with Crippen molar-refractivity contribution in [2.24, 2.45) is 0 Å². The Balaban J connectivity index is 2.45. The number of nitriles is 1. The van der Waals surface area contributed by atoms with Crippen molar-refractivity contribution in [3.05, 3.63) is 64.5 Å². The van der Waals surface area contributed by atoms with Gasteiger partial charge < -0.3 is 4.57 Å². The van der Waals surface area contributed by atoms with Crippen LogP contribution in [-0.4, -0.2) is 10.4 Å². The Hall–Kier alpha value is -2.60. The fourth-order valence-corrected chi connectivity index (χ4v) is 2.79. The molecule has 3 nitrogen and oxygen atoms in total. The molecule has 0 N–H and O–H groups in total. The lowest BCUT2D eigenvalue weighted by atomic mass is 10.0. The third kappa shape index (κ3) is 3.01. The highest BCUT2D eigenvalue weighted by atomic mass is 16.1. The van der Waals surface area contributed by atoms with Crippen LogP contribution in [0.2, 0.25) is 0 Å². The number of nitrogens with zero attached hydrogens (tertiary/aromatic N) is 2. The number of aryl methyl sites for hydroxylation is 1. The van der Waals surface area contributed by atoms with Crippen LogP contribution in [-0.2, 0) is 0 Å². The van der Waals surface area contributed by atoms with Gasteiger partial charge in [-0.2, -0.15) is 5.26 Å². The van der Waals surface area contributed by atoms with Crippen molar-refractivity contribution >= 4 is 11.9 Å². The first-order valence-electron chi connectivity index (χ1n) is 7.35. The summed E-state index contributed by atoms with van der Waals surface area (Å²) in [6.07, 6.45) is 1.69. The molecular formula is C19H20N2O. The van der Waals surface area contributed by atoms with Gasteiger partial charge in [0.2, 0.25) is 5.78 Å². The van der Waals surface area contributed by atoms with Crippen LogP contribution in [0.3, 0.4) is 0 Å². The van der Waals surface area contributed by atoms with Gasteiger partial charge in [0, 0.05) is 23.0 Å². The molecule has 0 spiro atoms. The molecule has 0 aliphatic carbocycles. The Kier molecular flexibility index (Phi) is 4.62. The van der Waals surface area contributed by atoms with E-state index in [-0.39, 0.29) is 11.4 Å². The van der Waals surface area contributed by atoms with Crippen molar-refractivity contribution < 1.29 is 4.79 Å². The molecule has 1 aromatic carbocycles. The summed E-state index contributed by atoms with van der Waals surface area (Å²) in [5.74, 6) is -0.238. The van der Waals surface area contributed by atoms with Gasteiger partial charge in [0.15, 0.2) is 0 Å². The molecule has 1 aromatic heterocycles. The number of carbonyl (C=O) groups is 1. The number of hydrogen-bond acceptors (Lipinski definition) is 2. The van der Waals surface area contributed by atoms with E-state index in [0.29, 0.717) is 11.6 Å². The number of allylic oxidation sites excluding steroid dienone is 1. The van der Waals surface area contributed by atoms with Gasteiger partial charge in [-0.25, -0.2) is 0 Å². The van der Waals surface area contributed by atoms with Gasteiger partial charge in [-0.15, -0.1) is 0 Å². The smallest absolute Gasteiger partial charge is 0.203 e. The molecule has 0 saturated heterocycles. The molecule has 0 amide bonds. The first-order valence-corrected chi connectivity index (χ1v) is 7.35. The summed E-state index contributed by atoms with van der Waals surface area (Å²) >= 11 is 0. The van der Waals surface area contributed by atoms with E-state index >= 15 is 0 Å². The molecular weight excluding hydrogens is 272 g/mol. The summed E-state index contributed by atoms with van der Waals surface area (Å²) in [5.41, 5.74) is 3.82. The first kappa shape index (κ1) is 15.8. The van der Waals surface area contributed by atoms with E-state index < -0.39 is 0 Å².